The average Bonchev–Trinajstić information content (AvgIpc) is 3.06. The predicted molar refractivity (Wildman–Crippen MR) is 165 cm³/mol. The number of rotatable bonds is 9. The van der Waals surface area contributed by atoms with Gasteiger partial charge >= 0.3 is 0 Å². The molecule has 1 spiro atoms. The summed E-state index contributed by atoms with van der Waals surface area (Å²) in [5, 5.41) is 0.774. The second kappa shape index (κ2) is 12.5. The highest BCUT2D eigenvalue weighted by Gasteiger charge is 2.43. The van der Waals surface area contributed by atoms with E-state index in [-0.39, 0.29) is 11.3 Å². The molecule has 1 amide bonds. The van der Waals surface area contributed by atoms with Gasteiger partial charge in [-0.3, -0.25) is 4.79 Å². The molecule has 1 saturated carbocycles. The SMILES string of the molecule is C=CC[C@H](C)C[S-](=O)=NC(=O)c1ccc2c(c1)N(C[C@@H]1CC[C@H]1CC=C)C[C@@]1(CCCc3cc(Cl)ccc31)CO2. The first-order chi connectivity index (χ1) is 19.3. The molecule has 3 aliphatic rings. The summed E-state index contributed by atoms with van der Waals surface area (Å²) >= 11 is 6.39. The van der Waals surface area contributed by atoms with Gasteiger partial charge in [-0.15, -0.1) is 13.2 Å². The van der Waals surface area contributed by atoms with Crippen LogP contribution in [0.2, 0.25) is 5.02 Å². The number of allylic oxidation sites excluding steroid dienone is 2. The van der Waals surface area contributed by atoms with Crippen molar-refractivity contribution in [2.45, 2.75) is 57.3 Å². The molecular weight excluding hydrogens is 540 g/mol. The first-order valence-electron chi connectivity index (χ1n) is 14.5. The molecule has 2 aliphatic carbocycles. The van der Waals surface area contributed by atoms with Crippen LogP contribution in [0.3, 0.4) is 0 Å². The number of benzene rings is 2. The topological polar surface area (TPSA) is 59.0 Å². The van der Waals surface area contributed by atoms with Crippen molar-refractivity contribution in [1.82, 2.24) is 0 Å². The fourth-order valence-corrected chi connectivity index (χ4v) is 7.89. The Bertz CT molecular complexity index is 1370. The van der Waals surface area contributed by atoms with Crippen LogP contribution in [0.5, 0.6) is 5.75 Å². The van der Waals surface area contributed by atoms with Crippen LogP contribution in [-0.2, 0) is 26.6 Å². The summed E-state index contributed by atoms with van der Waals surface area (Å²) in [5.74, 6) is 2.04. The molecule has 7 heteroatoms. The number of carbonyl (C=O) groups is 1. The minimum atomic E-state index is -1.58. The maximum absolute atomic E-state index is 13.1. The van der Waals surface area contributed by atoms with Crippen molar-refractivity contribution in [3.05, 3.63) is 83.4 Å². The van der Waals surface area contributed by atoms with E-state index in [1.54, 1.807) is 12.1 Å². The van der Waals surface area contributed by atoms with E-state index in [0.717, 1.165) is 61.7 Å². The maximum Gasteiger partial charge on any atom is 0.254 e. The van der Waals surface area contributed by atoms with Crippen LogP contribution < -0.4 is 9.64 Å². The Kier molecular flexibility index (Phi) is 9.06. The molecule has 40 heavy (non-hydrogen) atoms. The van der Waals surface area contributed by atoms with Crippen LogP contribution in [0.1, 0.15) is 66.9 Å². The highest BCUT2D eigenvalue weighted by molar-refractivity contribution is 7.75. The number of hydrogen-bond acceptors (Lipinski definition) is 5. The molecule has 5 rings (SSSR count). The van der Waals surface area contributed by atoms with Crippen molar-refractivity contribution in [2.75, 3.05) is 30.3 Å². The van der Waals surface area contributed by atoms with E-state index < -0.39 is 16.5 Å². The van der Waals surface area contributed by atoms with Gasteiger partial charge in [-0.1, -0.05) is 48.4 Å². The smallest absolute Gasteiger partial charge is 0.254 e. The van der Waals surface area contributed by atoms with Gasteiger partial charge in [-0.25, -0.2) is 0 Å². The molecule has 2 aromatic carbocycles. The van der Waals surface area contributed by atoms with Crippen LogP contribution >= 0.6 is 11.6 Å². The van der Waals surface area contributed by atoms with Crippen molar-refractivity contribution in [1.29, 1.82) is 0 Å². The van der Waals surface area contributed by atoms with Gasteiger partial charge in [-0.05, 0) is 98.2 Å². The molecule has 214 valence electrons. The molecule has 2 aromatic rings. The monoisotopic (exact) mass is 579 g/mol. The molecule has 0 saturated heterocycles. The fraction of sp³-hybridized carbons (Fsp3) is 0.485. The lowest BCUT2D eigenvalue weighted by Gasteiger charge is -2.44. The molecule has 1 fully saturated rings. The van der Waals surface area contributed by atoms with Gasteiger partial charge in [0.1, 0.15) is 5.75 Å². The number of nitrogens with zero attached hydrogens (tertiary/aromatic N) is 2. The van der Waals surface area contributed by atoms with E-state index >= 15 is 0 Å². The van der Waals surface area contributed by atoms with E-state index in [2.05, 4.69) is 34.6 Å². The van der Waals surface area contributed by atoms with Crippen LogP contribution in [0.4, 0.5) is 5.69 Å². The molecule has 0 aromatic heterocycles. The van der Waals surface area contributed by atoms with Crippen molar-refractivity contribution < 1.29 is 13.7 Å². The second-order valence-electron chi connectivity index (χ2n) is 11.9. The summed E-state index contributed by atoms with van der Waals surface area (Å²) in [6.07, 6.45) is 11.2. The minimum absolute atomic E-state index is 0.154. The summed E-state index contributed by atoms with van der Waals surface area (Å²) in [6, 6.07) is 11.8. The lowest BCUT2D eigenvalue weighted by Crippen LogP contribution is -2.48. The first kappa shape index (κ1) is 28.9. The molecule has 1 heterocycles. The minimum Gasteiger partial charge on any atom is -0.490 e. The zero-order valence-corrected chi connectivity index (χ0v) is 25.0. The number of aryl methyl sites for hydroxylation is 1. The molecule has 0 radical (unpaired) electrons. The van der Waals surface area contributed by atoms with Crippen LogP contribution in [0.15, 0.2) is 66.1 Å². The van der Waals surface area contributed by atoms with Gasteiger partial charge in [-0.2, -0.15) is 10.6 Å². The molecule has 0 N–H and O–H groups in total. The Morgan fingerprint density at radius 2 is 2.05 bits per heavy atom. The largest absolute Gasteiger partial charge is 0.490 e. The molecule has 0 bridgehead atoms. The standard InChI is InChI=1S/C33H40ClN2O3S/c1-4-7-23(3)20-40(38)35-32(37)26-12-15-31-30(18-26)36(19-27-11-10-24(27)8-5-2)21-33(22-39-31)16-6-9-25-17-28(34)13-14-29(25)33/h4-5,12-15,17-18,23-24,27H,1-2,6-11,16,19-22H2,3H3/q-1/t23-,24+,27-,33-/m0/s1. The number of amides is 1. The number of fused-ring (bicyclic) bond motifs is 3. The third-order valence-electron chi connectivity index (χ3n) is 8.96. The van der Waals surface area contributed by atoms with Gasteiger partial charge in [0.15, 0.2) is 0 Å². The number of carbonyl (C=O) groups excluding carboxylic acids is 1. The number of anilines is 1. The Morgan fingerprint density at radius 1 is 1.23 bits per heavy atom. The number of halogens is 1. The van der Waals surface area contributed by atoms with Gasteiger partial charge in [0.25, 0.3) is 5.91 Å². The van der Waals surface area contributed by atoms with Gasteiger partial charge in [0.2, 0.25) is 0 Å². The van der Waals surface area contributed by atoms with Crippen molar-refractivity contribution >= 4 is 33.8 Å². The Labute approximate surface area is 245 Å². The fourth-order valence-electron chi connectivity index (χ4n) is 6.71. The zero-order chi connectivity index (χ0) is 28.3. The zero-order valence-electron chi connectivity index (χ0n) is 23.4. The number of hydrogen-bond donors (Lipinski definition) is 0. The highest BCUT2D eigenvalue weighted by atomic mass is 35.5. The normalized spacial score (nSPS) is 25.1. The average molecular weight is 580 g/mol. The molecular formula is C33H40ClN2O3S-. The van der Waals surface area contributed by atoms with Crippen molar-refractivity contribution in [2.24, 2.45) is 22.1 Å². The van der Waals surface area contributed by atoms with Gasteiger partial charge in [0, 0.05) is 29.1 Å². The highest BCUT2D eigenvalue weighted by Crippen LogP contribution is 2.46. The Hall–Kier alpha value is -2.57. The quantitative estimate of drug-likeness (QED) is 0.224. The van der Waals surface area contributed by atoms with E-state index in [1.807, 2.05) is 31.2 Å². The van der Waals surface area contributed by atoms with E-state index in [0.29, 0.717) is 29.8 Å². The predicted octanol–water partition coefficient (Wildman–Crippen LogP) is 7.92. The van der Waals surface area contributed by atoms with E-state index in [9.17, 15) is 9.00 Å². The van der Waals surface area contributed by atoms with E-state index in [4.69, 9.17) is 16.3 Å². The maximum atomic E-state index is 13.1. The lowest BCUT2D eigenvalue weighted by atomic mass is 9.69. The van der Waals surface area contributed by atoms with Crippen LogP contribution in [0, 0.1) is 17.8 Å². The lowest BCUT2D eigenvalue weighted by molar-refractivity contribution is 0.100. The van der Waals surface area contributed by atoms with Crippen LogP contribution in [0.25, 0.3) is 0 Å². The molecule has 4 atom stereocenters. The third kappa shape index (κ3) is 6.18. The number of ether oxygens (including phenoxy) is 1. The van der Waals surface area contributed by atoms with Crippen LogP contribution in [-0.4, -0.2) is 31.4 Å². The first-order valence-corrected chi connectivity index (χ1v) is 16.1. The summed E-state index contributed by atoms with van der Waals surface area (Å²) < 4.78 is 23.2. The van der Waals surface area contributed by atoms with Gasteiger partial charge in [0.05, 0.1) is 12.3 Å². The Morgan fingerprint density at radius 3 is 2.80 bits per heavy atom. The molecule has 0 unspecified atom stereocenters. The Balaban J connectivity index is 1.48. The molecule has 5 nitrogen and oxygen atoms in total. The second-order valence-corrected chi connectivity index (χ2v) is 13.5. The van der Waals surface area contributed by atoms with Crippen molar-refractivity contribution in [3.8, 4) is 5.75 Å². The molecule has 1 aliphatic heterocycles. The summed E-state index contributed by atoms with van der Waals surface area (Å²) in [7, 11) is -1.58. The van der Waals surface area contributed by atoms with Gasteiger partial charge < -0.3 is 18.2 Å². The summed E-state index contributed by atoms with van der Waals surface area (Å²) in [4.78, 5) is 15.6. The van der Waals surface area contributed by atoms with Crippen molar-refractivity contribution in [3.63, 3.8) is 0 Å². The third-order valence-corrected chi connectivity index (χ3v) is 10.4. The summed E-state index contributed by atoms with van der Waals surface area (Å²) in [5.41, 5.74) is 3.85. The summed E-state index contributed by atoms with van der Waals surface area (Å²) in [6.45, 7) is 12.0. The van der Waals surface area contributed by atoms with E-state index in [1.165, 1.54) is 24.0 Å².